The molecule has 1 aromatic carbocycles. The summed E-state index contributed by atoms with van der Waals surface area (Å²) in [6.45, 7) is 1.60. The van der Waals surface area contributed by atoms with Crippen LogP contribution < -0.4 is 0 Å². The second kappa shape index (κ2) is 9.83. The zero-order chi connectivity index (χ0) is 22.6. The molecule has 7 heteroatoms. The number of halogens is 1. The van der Waals surface area contributed by atoms with E-state index in [0.717, 1.165) is 35.5 Å². The quantitative estimate of drug-likeness (QED) is 0.620. The Labute approximate surface area is 193 Å². The van der Waals surface area contributed by atoms with Crippen LogP contribution in [0.1, 0.15) is 59.3 Å². The maximum atomic E-state index is 13.2. The third-order valence-corrected chi connectivity index (χ3v) is 6.59. The SMILES string of the molecule is O=C(CCc1n[nH]c2c1CCCC2)N1CCOC(c2cccc(Cc3ccc(F)cc3)n2)C1. The lowest BCUT2D eigenvalue weighted by Crippen LogP contribution is -2.42. The van der Waals surface area contributed by atoms with Crippen LogP contribution in [0.4, 0.5) is 4.39 Å². The van der Waals surface area contributed by atoms with Crippen LogP contribution in [0.3, 0.4) is 0 Å². The highest BCUT2D eigenvalue weighted by Crippen LogP contribution is 2.25. The van der Waals surface area contributed by atoms with Gasteiger partial charge in [-0.2, -0.15) is 5.10 Å². The molecular formula is C26H29FN4O2. The number of ether oxygens (including phenoxy) is 1. The van der Waals surface area contributed by atoms with E-state index in [0.29, 0.717) is 39.0 Å². The fraction of sp³-hybridized carbons (Fsp3) is 0.423. The van der Waals surface area contributed by atoms with Crippen LogP contribution in [0.5, 0.6) is 0 Å². The molecule has 172 valence electrons. The van der Waals surface area contributed by atoms with Gasteiger partial charge in [-0.1, -0.05) is 18.2 Å². The minimum absolute atomic E-state index is 0.137. The molecule has 1 aliphatic heterocycles. The fourth-order valence-electron chi connectivity index (χ4n) is 4.78. The summed E-state index contributed by atoms with van der Waals surface area (Å²) in [4.78, 5) is 19.6. The lowest BCUT2D eigenvalue weighted by Gasteiger charge is -2.33. The molecular weight excluding hydrogens is 419 g/mol. The molecule has 1 aliphatic carbocycles. The van der Waals surface area contributed by atoms with E-state index in [1.807, 2.05) is 23.1 Å². The van der Waals surface area contributed by atoms with Crippen molar-refractivity contribution in [3.8, 4) is 0 Å². The van der Waals surface area contributed by atoms with Gasteiger partial charge in [-0.25, -0.2) is 4.39 Å². The largest absolute Gasteiger partial charge is 0.368 e. The summed E-state index contributed by atoms with van der Waals surface area (Å²) >= 11 is 0. The Morgan fingerprint density at radius 2 is 2.00 bits per heavy atom. The molecule has 1 amide bonds. The number of amides is 1. The van der Waals surface area contributed by atoms with Crippen molar-refractivity contribution < 1.29 is 13.9 Å². The van der Waals surface area contributed by atoms with Crippen molar-refractivity contribution in [1.29, 1.82) is 0 Å². The molecule has 0 spiro atoms. The molecule has 3 aromatic rings. The van der Waals surface area contributed by atoms with Crippen LogP contribution in [0.2, 0.25) is 0 Å². The van der Waals surface area contributed by atoms with Crippen LogP contribution in [0.15, 0.2) is 42.5 Å². The monoisotopic (exact) mass is 448 g/mol. The Kier molecular flexibility index (Phi) is 6.48. The molecule has 1 saturated heterocycles. The van der Waals surface area contributed by atoms with Crippen LogP contribution in [0.25, 0.3) is 0 Å². The molecule has 2 aliphatic rings. The van der Waals surface area contributed by atoms with Gasteiger partial charge in [0.25, 0.3) is 0 Å². The van der Waals surface area contributed by atoms with Crippen LogP contribution >= 0.6 is 0 Å². The molecule has 1 N–H and O–H groups in total. The number of hydrogen-bond acceptors (Lipinski definition) is 4. The Hall–Kier alpha value is -3.06. The number of aromatic nitrogens is 3. The fourth-order valence-corrected chi connectivity index (χ4v) is 4.78. The van der Waals surface area contributed by atoms with Gasteiger partial charge in [-0.05, 0) is 61.1 Å². The van der Waals surface area contributed by atoms with Crippen molar-refractivity contribution in [2.75, 3.05) is 19.7 Å². The normalized spacial score (nSPS) is 18.2. The number of benzene rings is 1. The number of carbonyl (C=O) groups is 1. The number of fused-ring (bicyclic) bond motifs is 1. The van der Waals surface area contributed by atoms with Gasteiger partial charge in [0.2, 0.25) is 5.91 Å². The summed E-state index contributed by atoms with van der Waals surface area (Å²) in [5, 5.41) is 7.64. The number of hydrogen-bond donors (Lipinski definition) is 1. The van der Waals surface area contributed by atoms with E-state index in [-0.39, 0.29) is 17.8 Å². The molecule has 5 rings (SSSR count). The van der Waals surface area contributed by atoms with Gasteiger partial charge < -0.3 is 9.64 Å². The van der Waals surface area contributed by atoms with Crippen molar-refractivity contribution in [2.24, 2.45) is 0 Å². The minimum Gasteiger partial charge on any atom is -0.368 e. The summed E-state index contributed by atoms with van der Waals surface area (Å²) < 4.78 is 19.1. The maximum absolute atomic E-state index is 13.2. The zero-order valence-electron chi connectivity index (χ0n) is 18.7. The Bertz CT molecular complexity index is 1110. The minimum atomic E-state index is -0.243. The zero-order valence-corrected chi connectivity index (χ0v) is 18.7. The van der Waals surface area contributed by atoms with Crippen molar-refractivity contribution in [2.45, 2.75) is 51.0 Å². The van der Waals surface area contributed by atoms with Gasteiger partial charge in [-0.3, -0.25) is 14.9 Å². The summed E-state index contributed by atoms with van der Waals surface area (Å²) in [6, 6.07) is 12.4. The highest BCUT2D eigenvalue weighted by atomic mass is 19.1. The third kappa shape index (κ3) is 5.14. The van der Waals surface area contributed by atoms with Crippen molar-refractivity contribution >= 4 is 5.91 Å². The second-order valence-corrected chi connectivity index (χ2v) is 8.89. The van der Waals surface area contributed by atoms with E-state index < -0.39 is 0 Å². The predicted molar refractivity (Wildman–Crippen MR) is 122 cm³/mol. The number of H-pyrrole nitrogens is 1. The smallest absolute Gasteiger partial charge is 0.223 e. The van der Waals surface area contributed by atoms with E-state index in [4.69, 9.17) is 9.72 Å². The van der Waals surface area contributed by atoms with Gasteiger partial charge >= 0.3 is 0 Å². The lowest BCUT2D eigenvalue weighted by molar-refractivity contribution is -0.139. The number of nitrogens with one attached hydrogen (secondary N) is 1. The number of aryl methyl sites for hydroxylation is 2. The molecule has 2 aromatic heterocycles. The molecule has 3 heterocycles. The summed E-state index contributed by atoms with van der Waals surface area (Å²) in [7, 11) is 0. The molecule has 0 saturated carbocycles. The molecule has 6 nitrogen and oxygen atoms in total. The number of pyridine rings is 1. The van der Waals surface area contributed by atoms with E-state index >= 15 is 0 Å². The van der Waals surface area contributed by atoms with E-state index in [1.165, 1.54) is 36.2 Å². The van der Waals surface area contributed by atoms with Gasteiger partial charge in [0.05, 0.1) is 24.5 Å². The van der Waals surface area contributed by atoms with E-state index in [2.05, 4.69) is 10.2 Å². The predicted octanol–water partition coefficient (Wildman–Crippen LogP) is 3.95. The molecule has 1 atom stereocenters. The Morgan fingerprint density at radius 3 is 2.88 bits per heavy atom. The topological polar surface area (TPSA) is 71.1 Å². The maximum Gasteiger partial charge on any atom is 0.223 e. The Balaban J connectivity index is 1.20. The van der Waals surface area contributed by atoms with Crippen molar-refractivity contribution in [3.63, 3.8) is 0 Å². The standard InChI is InChI=1S/C26H29FN4O2/c27-19-10-8-18(9-11-19)16-20-4-3-7-24(28-20)25-17-31(14-15-33-25)26(32)13-12-23-21-5-1-2-6-22(21)29-30-23/h3-4,7-11,25H,1-2,5-6,12-17H2,(H,29,30). The molecule has 1 unspecified atom stereocenters. The van der Waals surface area contributed by atoms with Crippen molar-refractivity contribution in [3.05, 3.63) is 82.2 Å². The first-order chi connectivity index (χ1) is 16.2. The first-order valence-electron chi connectivity index (χ1n) is 11.8. The van der Waals surface area contributed by atoms with Crippen molar-refractivity contribution in [1.82, 2.24) is 20.1 Å². The summed E-state index contributed by atoms with van der Waals surface area (Å²) in [5.41, 5.74) is 6.36. The van der Waals surface area contributed by atoms with Gasteiger partial charge in [0, 0.05) is 37.2 Å². The van der Waals surface area contributed by atoms with E-state index in [1.54, 1.807) is 12.1 Å². The molecule has 0 bridgehead atoms. The summed E-state index contributed by atoms with van der Waals surface area (Å²) in [6.07, 6.45) is 6.06. The number of carbonyl (C=O) groups excluding carboxylic acids is 1. The summed E-state index contributed by atoms with van der Waals surface area (Å²) in [5.74, 6) is -0.105. The number of aromatic amines is 1. The average molecular weight is 449 g/mol. The van der Waals surface area contributed by atoms with Gasteiger partial charge in [0.1, 0.15) is 11.9 Å². The number of rotatable bonds is 6. The number of morpholine rings is 1. The first kappa shape index (κ1) is 21.8. The van der Waals surface area contributed by atoms with Crippen LogP contribution in [-0.2, 0) is 35.2 Å². The lowest BCUT2D eigenvalue weighted by atomic mass is 9.94. The highest BCUT2D eigenvalue weighted by Gasteiger charge is 2.27. The third-order valence-electron chi connectivity index (χ3n) is 6.59. The van der Waals surface area contributed by atoms with Gasteiger partial charge in [-0.15, -0.1) is 0 Å². The highest BCUT2D eigenvalue weighted by molar-refractivity contribution is 5.76. The molecule has 0 radical (unpaired) electrons. The second-order valence-electron chi connectivity index (χ2n) is 8.89. The molecule has 1 fully saturated rings. The molecule has 33 heavy (non-hydrogen) atoms. The number of nitrogens with zero attached hydrogens (tertiary/aromatic N) is 3. The van der Waals surface area contributed by atoms with Crippen LogP contribution in [-0.4, -0.2) is 45.7 Å². The average Bonchev–Trinajstić information content (AvgIpc) is 3.27. The first-order valence-corrected chi connectivity index (χ1v) is 11.8. The van der Waals surface area contributed by atoms with Crippen LogP contribution in [0, 0.1) is 5.82 Å². The van der Waals surface area contributed by atoms with Gasteiger partial charge in [0.15, 0.2) is 0 Å². The Morgan fingerprint density at radius 1 is 1.15 bits per heavy atom. The van der Waals surface area contributed by atoms with E-state index in [9.17, 15) is 9.18 Å².